The first-order chi connectivity index (χ1) is 7.44. The molecule has 0 radical (unpaired) electrons. The van der Waals surface area contributed by atoms with Crippen LogP contribution in [0.5, 0.6) is 0 Å². The summed E-state index contributed by atoms with van der Waals surface area (Å²) in [6.45, 7) is -1.10. The van der Waals surface area contributed by atoms with Gasteiger partial charge in [0.25, 0.3) is 0 Å². The molecule has 16 heavy (non-hydrogen) atoms. The van der Waals surface area contributed by atoms with Gasteiger partial charge in [-0.25, -0.2) is 0 Å². The van der Waals surface area contributed by atoms with Crippen LogP contribution in [0.1, 0.15) is 5.56 Å². The largest absolute Gasteiger partial charge is 0.695 e. The fourth-order valence-corrected chi connectivity index (χ4v) is 1.24. The van der Waals surface area contributed by atoms with Crippen LogP contribution in [0.25, 0.3) is 0 Å². The molecule has 0 saturated heterocycles. The molecule has 1 aromatic carbocycles. The van der Waals surface area contributed by atoms with E-state index in [4.69, 9.17) is 4.89 Å². The number of hydrogen-bond donors (Lipinski definition) is 1. The van der Waals surface area contributed by atoms with Gasteiger partial charge in [-0.2, -0.15) is 8.78 Å². The molecule has 0 heterocycles. The van der Waals surface area contributed by atoms with Crippen molar-refractivity contribution < 1.29 is 27.6 Å². The van der Waals surface area contributed by atoms with Crippen molar-refractivity contribution in [3.8, 4) is 0 Å². The number of carbonyl (C=O) groups excluding carboxylic acids is 1. The fourth-order valence-electron chi connectivity index (χ4n) is 1.01. The van der Waals surface area contributed by atoms with Crippen molar-refractivity contribution in [3.05, 3.63) is 35.9 Å². The van der Waals surface area contributed by atoms with E-state index in [0.29, 0.717) is 0 Å². The molecule has 0 saturated carbocycles. The molecule has 0 aliphatic carbocycles. The maximum atomic E-state index is 13.4. The SMILES string of the molecule is O=C(CO[P+](=O)O)C(F)(F)c1ccccc1. The van der Waals surface area contributed by atoms with Crippen molar-refractivity contribution in [2.45, 2.75) is 5.92 Å². The Balaban J connectivity index is 2.78. The van der Waals surface area contributed by atoms with Gasteiger partial charge in [-0.15, -0.1) is 9.42 Å². The Morgan fingerprint density at radius 3 is 2.44 bits per heavy atom. The second-order valence-electron chi connectivity index (χ2n) is 2.87. The highest BCUT2D eigenvalue weighted by molar-refractivity contribution is 7.32. The summed E-state index contributed by atoms with van der Waals surface area (Å²) < 4.78 is 40.8. The molecule has 0 fully saturated rings. The monoisotopic (exact) mass is 249 g/mol. The molecule has 0 aromatic heterocycles. The Bertz CT molecular complexity index is 394. The van der Waals surface area contributed by atoms with E-state index in [1.807, 2.05) is 0 Å². The Labute approximate surface area is 90.8 Å². The van der Waals surface area contributed by atoms with Crippen molar-refractivity contribution in [2.75, 3.05) is 6.61 Å². The van der Waals surface area contributed by atoms with Crippen molar-refractivity contribution >= 4 is 14.0 Å². The fraction of sp³-hybridized carbons (Fsp3) is 0.222. The summed E-state index contributed by atoms with van der Waals surface area (Å²) in [5, 5.41) is 0. The lowest BCUT2D eigenvalue weighted by Crippen LogP contribution is -2.29. The van der Waals surface area contributed by atoms with Gasteiger partial charge in [-0.05, 0) is 0 Å². The molecular weight excluding hydrogens is 241 g/mol. The minimum absolute atomic E-state index is 0.475. The number of rotatable bonds is 5. The average Bonchev–Trinajstić information content (AvgIpc) is 2.27. The molecule has 0 aliphatic heterocycles. The minimum Gasteiger partial charge on any atom is -0.290 e. The van der Waals surface area contributed by atoms with E-state index in [2.05, 4.69) is 4.52 Å². The highest BCUT2D eigenvalue weighted by Gasteiger charge is 2.41. The van der Waals surface area contributed by atoms with Crippen LogP contribution < -0.4 is 0 Å². The van der Waals surface area contributed by atoms with Gasteiger partial charge in [0.15, 0.2) is 6.61 Å². The summed E-state index contributed by atoms with van der Waals surface area (Å²) in [4.78, 5) is 19.3. The maximum absolute atomic E-state index is 13.4. The number of hydrogen-bond acceptors (Lipinski definition) is 3. The third-order valence-corrected chi connectivity index (χ3v) is 2.14. The van der Waals surface area contributed by atoms with Gasteiger partial charge in [0.2, 0.25) is 5.78 Å². The molecule has 1 unspecified atom stereocenters. The standard InChI is InChI=1S/C9H7F2O4P/c10-9(11,7-4-2-1-3-5-7)8(12)6-15-16(13)14/h1-5H,6H2/p+1. The van der Waals surface area contributed by atoms with Gasteiger partial charge < -0.3 is 0 Å². The van der Waals surface area contributed by atoms with Crippen LogP contribution in [-0.2, 0) is 19.8 Å². The Morgan fingerprint density at radius 1 is 1.38 bits per heavy atom. The van der Waals surface area contributed by atoms with Crippen LogP contribution in [0.3, 0.4) is 0 Å². The molecule has 0 amide bonds. The number of ketones is 1. The first-order valence-corrected chi connectivity index (χ1v) is 5.33. The normalized spacial score (nSPS) is 12.3. The van der Waals surface area contributed by atoms with Gasteiger partial charge in [-0.3, -0.25) is 4.79 Å². The number of benzene rings is 1. The van der Waals surface area contributed by atoms with Gasteiger partial charge in [0, 0.05) is 10.1 Å². The zero-order valence-electron chi connectivity index (χ0n) is 7.97. The smallest absolute Gasteiger partial charge is 0.290 e. The molecule has 0 aliphatic rings. The van der Waals surface area contributed by atoms with Crippen LogP contribution in [0.2, 0.25) is 0 Å². The molecule has 1 aromatic rings. The van der Waals surface area contributed by atoms with Crippen molar-refractivity contribution in [2.24, 2.45) is 0 Å². The van der Waals surface area contributed by atoms with Crippen LogP contribution in [0.15, 0.2) is 30.3 Å². The molecule has 4 nitrogen and oxygen atoms in total. The summed E-state index contributed by atoms with van der Waals surface area (Å²) in [7, 11) is -3.05. The number of carbonyl (C=O) groups is 1. The first kappa shape index (κ1) is 12.8. The predicted molar refractivity (Wildman–Crippen MR) is 51.1 cm³/mol. The highest BCUT2D eigenvalue weighted by Crippen LogP contribution is 2.29. The number of halogens is 2. The van der Waals surface area contributed by atoms with Crippen LogP contribution in [0.4, 0.5) is 8.78 Å². The van der Waals surface area contributed by atoms with Crippen LogP contribution in [0, 0.1) is 0 Å². The van der Waals surface area contributed by atoms with Gasteiger partial charge in [-0.1, -0.05) is 30.3 Å². The molecule has 86 valence electrons. The van der Waals surface area contributed by atoms with Crippen molar-refractivity contribution in [3.63, 3.8) is 0 Å². The van der Waals surface area contributed by atoms with Gasteiger partial charge >= 0.3 is 14.2 Å². The second kappa shape index (κ2) is 5.21. The Kier molecular flexibility index (Phi) is 4.18. The van der Waals surface area contributed by atoms with E-state index >= 15 is 0 Å². The molecular formula is C9H8F2O4P+. The van der Waals surface area contributed by atoms with E-state index in [0.717, 1.165) is 12.1 Å². The van der Waals surface area contributed by atoms with E-state index in [-0.39, 0.29) is 0 Å². The third-order valence-electron chi connectivity index (χ3n) is 1.79. The van der Waals surface area contributed by atoms with Crippen molar-refractivity contribution in [1.82, 2.24) is 0 Å². The molecule has 1 N–H and O–H groups in total. The van der Waals surface area contributed by atoms with Crippen LogP contribution in [-0.4, -0.2) is 17.3 Å². The average molecular weight is 249 g/mol. The number of Topliss-reactive ketones (excluding diaryl/α,β-unsaturated/α-hetero) is 1. The lowest BCUT2D eigenvalue weighted by molar-refractivity contribution is -0.146. The molecule has 1 rings (SSSR count). The highest BCUT2D eigenvalue weighted by atomic mass is 31.1. The zero-order valence-corrected chi connectivity index (χ0v) is 8.86. The summed E-state index contributed by atoms with van der Waals surface area (Å²) in [5.41, 5.74) is -0.475. The van der Waals surface area contributed by atoms with Crippen molar-refractivity contribution in [1.29, 1.82) is 0 Å². The predicted octanol–water partition coefficient (Wildman–Crippen LogP) is 2.01. The summed E-state index contributed by atoms with van der Waals surface area (Å²) in [6.07, 6.45) is 0. The van der Waals surface area contributed by atoms with E-state index in [1.54, 1.807) is 0 Å². The molecule has 7 heteroatoms. The topological polar surface area (TPSA) is 63.6 Å². The minimum atomic E-state index is -3.72. The van der Waals surface area contributed by atoms with E-state index in [1.165, 1.54) is 18.2 Å². The molecule has 0 bridgehead atoms. The summed E-state index contributed by atoms with van der Waals surface area (Å²) in [5.74, 6) is -5.27. The summed E-state index contributed by atoms with van der Waals surface area (Å²) >= 11 is 0. The van der Waals surface area contributed by atoms with E-state index < -0.39 is 32.1 Å². The van der Waals surface area contributed by atoms with Gasteiger partial charge in [0.1, 0.15) is 0 Å². The third kappa shape index (κ3) is 3.13. The maximum Gasteiger partial charge on any atom is 0.695 e. The Morgan fingerprint density at radius 2 is 1.94 bits per heavy atom. The van der Waals surface area contributed by atoms with E-state index in [9.17, 15) is 18.1 Å². The zero-order chi connectivity index (χ0) is 12.2. The lowest BCUT2D eigenvalue weighted by Gasteiger charge is -2.13. The quantitative estimate of drug-likeness (QED) is 0.811. The molecule has 1 atom stereocenters. The lowest BCUT2D eigenvalue weighted by atomic mass is 10.1. The first-order valence-electron chi connectivity index (χ1n) is 4.20. The van der Waals surface area contributed by atoms with Crippen LogP contribution >= 0.6 is 8.25 Å². The molecule has 0 spiro atoms. The summed E-state index contributed by atoms with van der Waals surface area (Å²) in [6, 6.07) is 6.45. The number of alkyl halides is 2. The second-order valence-corrected chi connectivity index (χ2v) is 3.61. The Hall–Kier alpha value is -1.23. The van der Waals surface area contributed by atoms with Gasteiger partial charge in [0.05, 0.1) is 0 Å².